The lowest BCUT2D eigenvalue weighted by Gasteiger charge is -2.09. The average Bonchev–Trinajstić information content (AvgIpc) is 3.04. The zero-order chi connectivity index (χ0) is 23.4. The number of hydrogen-bond donors (Lipinski definition) is 2. The number of Topliss-reactive ketones (excluding diaryl/α,β-unsaturated/α-hetero) is 1. The van der Waals surface area contributed by atoms with Gasteiger partial charge in [-0.25, -0.2) is 9.97 Å². The largest absolute Gasteiger partial charge is 0.396 e. The minimum Gasteiger partial charge on any atom is -0.396 e. The van der Waals surface area contributed by atoms with Gasteiger partial charge in [0.2, 0.25) is 0 Å². The molecule has 0 fully saturated rings. The summed E-state index contributed by atoms with van der Waals surface area (Å²) in [6, 6.07) is 6.85. The van der Waals surface area contributed by atoms with E-state index in [2.05, 4.69) is 9.97 Å². The van der Waals surface area contributed by atoms with Gasteiger partial charge >= 0.3 is 0 Å². The van der Waals surface area contributed by atoms with Crippen LogP contribution < -0.4 is 5.73 Å². The van der Waals surface area contributed by atoms with Gasteiger partial charge in [-0.2, -0.15) is 0 Å². The number of carbonyl (C=O) groups excluding carboxylic acids is 1. The highest BCUT2D eigenvalue weighted by Gasteiger charge is 2.25. The molecule has 0 unspecified atom stereocenters. The Kier molecular flexibility index (Phi) is 3.24. The first-order valence-corrected chi connectivity index (χ1v) is 7.83. The topological polar surface area (TPSA) is 94.0 Å². The summed E-state index contributed by atoms with van der Waals surface area (Å²) in [6.07, 6.45) is -2.49. The molecule has 7 heteroatoms. The lowest BCUT2D eigenvalue weighted by atomic mass is 10.00. The van der Waals surface area contributed by atoms with E-state index >= 15 is 0 Å². The lowest BCUT2D eigenvalue weighted by molar-refractivity contribution is 0.101. The number of aryl methyl sites for hydroxylation is 2. The Morgan fingerprint density at radius 2 is 2.08 bits per heavy atom. The van der Waals surface area contributed by atoms with Crippen LogP contribution in [0, 0.1) is 6.92 Å². The molecule has 6 nitrogen and oxygen atoms in total. The molecule has 1 aromatic carbocycles. The number of carbonyl (C=O) groups is 1. The third-order valence-electron chi connectivity index (χ3n) is 3.73. The second kappa shape index (κ2) is 7.21. The van der Waals surface area contributed by atoms with E-state index in [0.29, 0.717) is 10.1 Å². The van der Waals surface area contributed by atoms with Crippen LogP contribution in [0.2, 0.25) is 0 Å². The van der Waals surface area contributed by atoms with Crippen LogP contribution in [0.3, 0.4) is 0 Å². The van der Waals surface area contributed by atoms with Crippen molar-refractivity contribution in [1.82, 2.24) is 14.5 Å². The fourth-order valence-corrected chi connectivity index (χ4v) is 2.78. The minimum atomic E-state index is -3.60. The van der Waals surface area contributed by atoms with Crippen molar-refractivity contribution >= 4 is 34.2 Å². The zero-order valence-corrected chi connectivity index (χ0v) is 14.0. The molecule has 0 bridgehead atoms. The van der Waals surface area contributed by atoms with Gasteiger partial charge in [0.15, 0.2) is 5.78 Å². The second-order valence-electron chi connectivity index (χ2n) is 5.29. The van der Waals surface area contributed by atoms with E-state index in [1.165, 1.54) is 0 Å². The van der Waals surface area contributed by atoms with Crippen molar-refractivity contribution in [2.75, 3.05) is 18.2 Å². The molecule has 130 valence electrons. The molecule has 0 saturated carbocycles. The van der Waals surface area contributed by atoms with E-state index in [4.69, 9.17) is 25.6 Å². The predicted octanol–water partition coefficient (Wildman–Crippen LogP) is 2.79. The Bertz CT molecular complexity index is 1160. The van der Waals surface area contributed by atoms with Crippen molar-refractivity contribution in [1.29, 1.82) is 0 Å². The van der Waals surface area contributed by atoms with Crippen molar-refractivity contribution in [2.45, 2.75) is 19.8 Å². The van der Waals surface area contributed by atoms with Gasteiger partial charge < -0.3 is 15.4 Å². The summed E-state index contributed by atoms with van der Waals surface area (Å²) < 4.78 is 48.4. The number of nitrogens with zero attached hydrogens (tertiary/aromatic N) is 3. The zero-order valence-electron chi connectivity index (χ0n) is 19.2. The quantitative estimate of drug-likeness (QED) is 0.518. The first kappa shape index (κ1) is 11.2. The first-order chi connectivity index (χ1) is 14.3. The van der Waals surface area contributed by atoms with Gasteiger partial charge in [-0.3, -0.25) is 4.79 Å². The van der Waals surface area contributed by atoms with Gasteiger partial charge in [0.1, 0.15) is 17.8 Å². The fraction of sp³-hybridized carbons (Fsp3) is 0.278. The Balaban J connectivity index is 2.55. The lowest BCUT2D eigenvalue weighted by Crippen LogP contribution is -2.12. The number of benzene rings is 1. The number of ketones is 1. The molecule has 0 spiro atoms. The van der Waals surface area contributed by atoms with E-state index < -0.39 is 31.1 Å². The fourth-order valence-electron chi connectivity index (χ4n) is 2.65. The van der Waals surface area contributed by atoms with Crippen molar-refractivity contribution in [2.24, 2.45) is 0 Å². The van der Waals surface area contributed by atoms with Gasteiger partial charge in [-0.1, -0.05) is 29.8 Å². The van der Waals surface area contributed by atoms with Crippen LogP contribution in [0.15, 0.2) is 30.6 Å². The third-order valence-corrected chi connectivity index (χ3v) is 3.97. The highest BCUT2D eigenvalue weighted by molar-refractivity contribution is 6.32. The highest BCUT2D eigenvalue weighted by Crippen LogP contribution is 2.37. The van der Waals surface area contributed by atoms with Crippen LogP contribution in [0.1, 0.15) is 30.6 Å². The molecule has 0 aliphatic carbocycles. The van der Waals surface area contributed by atoms with Crippen LogP contribution in [0.5, 0.6) is 0 Å². The van der Waals surface area contributed by atoms with Crippen LogP contribution >= 0.6 is 11.6 Å². The number of rotatable bonds is 6. The Morgan fingerprint density at radius 3 is 2.72 bits per heavy atom. The number of hydrogen-bond acceptors (Lipinski definition) is 5. The van der Waals surface area contributed by atoms with Gasteiger partial charge in [0.25, 0.3) is 0 Å². The molecule has 0 atom stereocenters. The van der Waals surface area contributed by atoms with Gasteiger partial charge in [0, 0.05) is 24.1 Å². The summed E-state index contributed by atoms with van der Waals surface area (Å²) in [7, 11) is 0. The number of aromatic nitrogens is 3. The Labute approximate surface area is 158 Å². The van der Waals surface area contributed by atoms with Gasteiger partial charge in [-0.15, -0.1) is 11.6 Å². The summed E-state index contributed by atoms with van der Waals surface area (Å²) >= 11 is 5.79. The summed E-state index contributed by atoms with van der Waals surface area (Å²) in [5, 5.41) is 9.83. The number of alkyl halides is 1. The molecule has 0 amide bonds. The Morgan fingerprint density at radius 1 is 1.36 bits per heavy atom. The number of anilines is 1. The smallest absolute Gasteiger partial charge is 0.194 e. The highest BCUT2D eigenvalue weighted by atomic mass is 35.5. The maximum Gasteiger partial charge on any atom is 0.194 e. The summed E-state index contributed by atoms with van der Waals surface area (Å²) in [5.41, 5.74) is 6.94. The van der Waals surface area contributed by atoms with Gasteiger partial charge in [0.05, 0.1) is 19.7 Å². The van der Waals surface area contributed by atoms with E-state index in [1.54, 1.807) is 24.3 Å². The predicted molar refractivity (Wildman–Crippen MR) is 98.9 cm³/mol. The molecular weight excluding hydrogens is 340 g/mol. The van der Waals surface area contributed by atoms with Crippen LogP contribution in [-0.4, -0.2) is 37.9 Å². The third kappa shape index (κ3) is 3.10. The van der Waals surface area contributed by atoms with Crippen molar-refractivity contribution < 1.29 is 18.1 Å². The number of nitrogen functional groups attached to an aromatic ring is 1. The molecule has 3 rings (SSSR count). The minimum absolute atomic E-state index is 0.0815. The molecule has 2 heterocycles. The molecule has 3 N–H and O–H groups in total. The number of aliphatic hydroxyl groups is 1. The van der Waals surface area contributed by atoms with E-state index in [0.717, 1.165) is 11.9 Å². The number of nitrogens with two attached hydrogens (primary N) is 1. The summed E-state index contributed by atoms with van der Waals surface area (Å²) in [5.74, 6) is -1.44. The monoisotopic (exact) mass is 364 g/mol. The number of halogens is 1. The maximum absolute atomic E-state index is 12.9. The second-order valence-corrected chi connectivity index (χ2v) is 5.56. The molecule has 2 aromatic heterocycles. The van der Waals surface area contributed by atoms with Crippen LogP contribution in [-0.2, 0) is 6.50 Å². The van der Waals surface area contributed by atoms with Gasteiger partial charge in [-0.05, 0) is 18.9 Å². The van der Waals surface area contributed by atoms with E-state index in [9.17, 15) is 9.90 Å². The SMILES string of the molecule is [2H]C([2H])(O)C([2H])([2H])C([2H])([2H])n1c(C(=O)CCl)c(-c2ccc(C)cc2)c2c(N)ncnc21. The Hall–Kier alpha value is -2.44. The standard InChI is InChI=1S/C18H19ClN4O2/c1-11-3-5-12(6-4-11)14-15-17(20)21-10-22-18(15)23(7-2-8-24)16(14)13(25)9-19/h3-6,10,24H,2,7-9H2,1H3,(H2,20,21,22)/i2D2,7D2,8D2. The molecule has 0 saturated heterocycles. The van der Waals surface area contributed by atoms with Crippen molar-refractivity contribution in [3.8, 4) is 11.1 Å². The van der Waals surface area contributed by atoms with Crippen molar-refractivity contribution in [3.63, 3.8) is 0 Å². The summed E-state index contributed by atoms with van der Waals surface area (Å²) in [6.45, 7) is -5.03. The van der Waals surface area contributed by atoms with Crippen LogP contribution in [0.25, 0.3) is 22.2 Å². The van der Waals surface area contributed by atoms with E-state index in [1.807, 2.05) is 6.92 Å². The summed E-state index contributed by atoms with van der Waals surface area (Å²) in [4.78, 5) is 20.8. The molecule has 3 aromatic rings. The molecular formula is C18H19ClN4O2. The maximum atomic E-state index is 12.9. The molecule has 0 radical (unpaired) electrons. The average molecular weight is 365 g/mol. The number of fused-ring (bicyclic) bond motifs is 1. The van der Waals surface area contributed by atoms with Crippen molar-refractivity contribution in [3.05, 3.63) is 41.9 Å². The van der Waals surface area contributed by atoms with Crippen LogP contribution in [0.4, 0.5) is 5.82 Å². The normalized spacial score (nSPS) is 16.4. The molecule has 25 heavy (non-hydrogen) atoms. The molecule has 0 aliphatic heterocycles. The van der Waals surface area contributed by atoms with E-state index in [-0.39, 0.29) is 28.1 Å². The molecule has 0 aliphatic rings. The first-order valence-electron chi connectivity index (χ1n) is 10.3.